The van der Waals surface area contributed by atoms with Gasteiger partial charge in [0.15, 0.2) is 0 Å². The van der Waals surface area contributed by atoms with Crippen LogP contribution < -0.4 is 14.4 Å². The van der Waals surface area contributed by atoms with E-state index in [2.05, 4.69) is 5.32 Å². The topological polar surface area (TPSA) is 96.0 Å². The van der Waals surface area contributed by atoms with Crippen molar-refractivity contribution in [2.75, 3.05) is 24.0 Å². The molecule has 4 aromatic carbocycles. The van der Waals surface area contributed by atoms with Crippen LogP contribution in [-0.2, 0) is 32.6 Å². The Bertz CT molecular complexity index is 1620. The zero-order valence-electron chi connectivity index (χ0n) is 24.7. The zero-order chi connectivity index (χ0) is 31.5. The first-order chi connectivity index (χ1) is 21.2. The largest absolute Gasteiger partial charge is 0.494 e. The Kier molecular flexibility index (Phi) is 11.4. The van der Waals surface area contributed by atoms with E-state index in [0.717, 1.165) is 15.4 Å². The fourth-order valence-electron chi connectivity index (χ4n) is 4.76. The molecular weight excluding hydrogens is 598 g/mol. The number of carbonyl (C=O) groups excluding carboxylic acids is 2. The molecule has 4 aromatic rings. The smallest absolute Gasteiger partial charge is 0.264 e. The van der Waals surface area contributed by atoms with Crippen LogP contribution in [0.15, 0.2) is 114 Å². The Morgan fingerprint density at radius 1 is 0.818 bits per heavy atom. The van der Waals surface area contributed by atoms with E-state index in [4.69, 9.17) is 16.3 Å². The van der Waals surface area contributed by atoms with Crippen LogP contribution in [0, 0.1) is 0 Å². The van der Waals surface area contributed by atoms with Gasteiger partial charge in [0.05, 0.1) is 17.2 Å². The van der Waals surface area contributed by atoms with Crippen molar-refractivity contribution in [3.05, 3.63) is 125 Å². The number of carbonyl (C=O) groups is 2. The highest BCUT2D eigenvalue weighted by molar-refractivity contribution is 7.92. The van der Waals surface area contributed by atoms with Crippen molar-refractivity contribution in [3.63, 3.8) is 0 Å². The van der Waals surface area contributed by atoms with E-state index < -0.39 is 28.5 Å². The molecule has 0 aromatic heterocycles. The maximum absolute atomic E-state index is 14.3. The van der Waals surface area contributed by atoms with E-state index >= 15 is 0 Å². The molecular formula is C34H36ClN3O5S. The Morgan fingerprint density at radius 3 is 2.02 bits per heavy atom. The van der Waals surface area contributed by atoms with Gasteiger partial charge in [-0.15, -0.1) is 0 Å². The molecule has 230 valence electrons. The summed E-state index contributed by atoms with van der Waals surface area (Å²) in [6, 6.07) is 30.0. The van der Waals surface area contributed by atoms with Crippen molar-refractivity contribution in [1.29, 1.82) is 0 Å². The minimum atomic E-state index is -4.20. The Hall–Kier alpha value is -4.34. The van der Waals surface area contributed by atoms with Gasteiger partial charge in [-0.3, -0.25) is 13.9 Å². The van der Waals surface area contributed by atoms with Crippen molar-refractivity contribution in [3.8, 4) is 5.75 Å². The number of hydrogen-bond acceptors (Lipinski definition) is 5. The molecule has 0 radical (unpaired) electrons. The molecule has 1 atom stereocenters. The molecule has 2 amide bonds. The number of hydrogen-bond donors (Lipinski definition) is 1. The van der Waals surface area contributed by atoms with Crippen LogP contribution in [-0.4, -0.2) is 50.9 Å². The van der Waals surface area contributed by atoms with Crippen LogP contribution in [0.25, 0.3) is 0 Å². The lowest BCUT2D eigenvalue weighted by atomic mass is 10.0. The maximum atomic E-state index is 14.3. The van der Waals surface area contributed by atoms with E-state index in [1.807, 2.05) is 44.2 Å². The van der Waals surface area contributed by atoms with Crippen molar-refractivity contribution >= 4 is 39.1 Å². The van der Waals surface area contributed by atoms with E-state index in [1.165, 1.54) is 17.0 Å². The van der Waals surface area contributed by atoms with Gasteiger partial charge in [0.2, 0.25) is 11.8 Å². The molecule has 0 aliphatic carbocycles. The Morgan fingerprint density at radius 2 is 1.43 bits per heavy atom. The molecule has 0 saturated heterocycles. The lowest BCUT2D eigenvalue weighted by Gasteiger charge is -2.33. The fraction of sp³-hybridized carbons (Fsp3) is 0.235. The lowest BCUT2D eigenvalue weighted by Crippen LogP contribution is -2.53. The molecule has 0 unspecified atom stereocenters. The highest BCUT2D eigenvalue weighted by Gasteiger charge is 2.34. The SMILES string of the molecule is CCNC(=O)[C@@H](Cc1ccccc1)N(Cc1ccc(Cl)cc1)C(=O)CN(c1ccccc1)S(=O)(=O)c1ccc(OCC)cc1. The number of para-hydroxylation sites is 1. The number of likely N-dealkylation sites (N-methyl/N-ethyl adjacent to an activating group) is 1. The quantitative estimate of drug-likeness (QED) is 0.192. The van der Waals surface area contributed by atoms with Crippen molar-refractivity contribution < 1.29 is 22.7 Å². The number of ether oxygens (including phenoxy) is 1. The van der Waals surface area contributed by atoms with Crippen LogP contribution in [0.3, 0.4) is 0 Å². The summed E-state index contributed by atoms with van der Waals surface area (Å²) in [6.07, 6.45) is 0.239. The molecule has 44 heavy (non-hydrogen) atoms. The fourth-order valence-corrected chi connectivity index (χ4v) is 6.30. The summed E-state index contributed by atoms with van der Waals surface area (Å²) in [6.45, 7) is 4.00. The second-order valence-corrected chi connectivity index (χ2v) is 12.3. The lowest BCUT2D eigenvalue weighted by molar-refractivity contribution is -0.140. The average Bonchev–Trinajstić information content (AvgIpc) is 3.03. The molecule has 0 aliphatic rings. The maximum Gasteiger partial charge on any atom is 0.264 e. The van der Waals surface area contributed by atoms with E-state index in [0.29, 0.717) is 29.6 Å². The zero-order valence-corrected chi connectivity index (χ0v) is 26.3. The summed E-state index contributed by atoms with van der Waals surface area (Å²) in [5.41, 5.74) is 1.92. The summed E-state index contributed by atoms with van der Waals surface area (Å²) >= 11 is 6.12. The molecule has 4 rings (SSSR count). The second-order valence-electron chi connectivity index (χ2n) is 10.00. The van der Waals surface area contributed by atoms with Crippen LogP contribution in [0.5, 0.6) is 5.75 Å². The molecule has 0 heterocycles. The van der Waals surface area contributed by atoms with E-state index in [9.17, 15) is 18.0 Å². The summed E-state index contributed by atoms with van der Waals surface area (Å²) in [5.74, 6) is -0.335. The first-order valence-corrected chi connectivity index (χ1v) is 16.2. The molecule has 0 saturated carbocycles. The van der Waals surface area contributed by atoms with Gasteiger partial charge in [0, 0.05) is 24.5 Å². The third kappa shape index (κ3) is 8.39. The standard InChI is InChI=1S/C34H36ClN3O5S/c1-3-36-34(40)32(23-26-11-7-5-8-12-26)37(24-27-15-17-28(35)18-16-27)33(39)25-38(29-13-9-6-10-14-29)44(41,42)31-21-19-30(20-22-31)43-4-2/h5-22,32H,3-4,23-25H2,1-2H3,(H,36,40)/t32-/m1/s1. The number of benzene rings is 4. The van der Waals surface area contributed by atoms with Crippen LogP contribution >= 0.6 is 11.6 Å². The Labute approximate surface area is 264 Å². The van der Waals surface area contributed by atoms with Gasteiger partial charge in [0.25, 0.3) is 10.0 Å². The molecule has 10 heteroatoms. The number of amides is 2. The predicted molar refractivity (Wildman–Crippen MR) is 173 cm³/mol. The van der Waals surface area contributed by atoms with Gasteiger partial charge in [-0.05, 0) is 73.5 Å². The van der Waals surface area contributed by atoms with Gasteiger partial charge in [0.1, 0.15) is 18.3 Å². The summed E-state index contributed by atoms with van der Waals surface area (Å²) in [5, 5.41) is 3.39. The minimum absolute atomic E-state index is 0.00594. The number of anilines is 1. The van der Waals surface area contributed by atoms with Gasteiger partial charge >= 0.3 is 0 Å². The number of nitrogens with zero attached hydrogens (tertiary/aromatic N) is 2. The Balaban J connectivity index is 1.76. The first kappa shape index (κ1) is 32.6. The van der Waals surface area contributed by atoms with Crippen LogP contribution in [0.1, 0.15) is 25.0 Å². The van der Waals surface area contributed by atoms with Gasteiger partial charge in [-0.1, -0.05) is 72.3 Å². The minimum Gasteiger partial charge on any atom is -0.494 e. The second kappa shape index (κ2) is 15.4. The molecule has 0 spiro atoms. The van der Waals surface area contributed by atoms with Crippen LogP contribution in [0.2, 0.25) is 5.02 Å². The van der Waals surface area contributed by atoms with E-state index in [-0.39, 0.29) is 23.8 Å². The number of nitrogens with one attached hydrogen (secondary N) is 1. The van der Waals surface area contributed by atoms with Gasteiger partial charge < -0.3 is 15.0 Å². The number of sulfonamides is 1. The van der Waals surface area contributed by atoms with Crippen molar-refractivity contribution in [2.24, 2.45) is 0 Å². The first-order valence-electron chi connectivity index (χ1n) is 14.4. The predicted octanol–water partition coefficient (Wildman–Crippen LogP) is 5.71. The highest BCUT2D eigenvalue weighted by atomic mass is 35.5. The molecule has 0 aliphatic heterocycles. The molecule has 8 nitrogen and oxygen atoms in total. The number of rotatable bonds is 14. The van der Waals surface area contributed by atoms with Crippen molar-refractivity contribution in [1.82, 2.24) is 10.2 Å². The third-order valence-corrected chi connectivity index (χ3v) is 8.97. The monoisotopic (exact) mass is 633 g/mol. The van der Waals surface area contributed by atoms with E-state index in [1.54, 1.807) is 66.7 Å². The highest BCUT2D eigenvalue weighted by Crippen LogP contribution is 2.26. The molecule has 0 fully saturated rings. The number of halogens is 1. The van der Waals surface area contributed by atoms with Gasteiger partial charge in [-0.2, -0.15) is 0 Å². The average molecular weight is 634 g/mol. The van der Waals surface area contributed by atoms with Crippen molar-refractivity contribution in [2.45, 2.75) is 37.8 Å². The van der Waals surface area contributed by atoms with Crippen LogP contribution in [0.4, 0.5) is 5.69 Å². The molecule has 0 bridgehead atoms. The summed E-state index contributed by atoms with van der Waals surface area (Å²) < 4.78 is 34.7. The third-order valence-electron chi connectivity index (χ3n) is 6.93. The normalized spacial score (nSPS) is 11.8. The summed E-state index contributed by atoms with van der Waals surface area (Å²) in [4.78, 5) is 29.3. The molecule has 1 N–H and O–H groups in total. The van der Waals surface area contributed by atoms with Gasteiger partial charge in [-0.25, -0.2) is 8.42 Å². The summed E-state index contributed by atoms with van der Waals surface area (Å²) in [7, 11) is -4.20.